The van der Waals surface area contributed by atoms with Gasteiger partial charge in [0.2, 0.25) is 5.91 Å². The summed E-state index contributed by atoms with van der Waals surface area (Å²) < 4.78 is 4.57. The molecule has 22 heavy (non-hydrogen) atoms. The Morgan fingerprint density at radius 3 is 1.82 bits per heavy atom. The molecule has 0 N–H and O–H groups in total. The van der Waals surface area contributed by atoms with E-state index in [2.05, 4.69) is 4.74 Å². The Bertz CT molecular complexity index is 406. The summed E-state index contributed by atoms with van der Waals surface area (Å²) in [7, 11) is 1.27. The summed E-state index contributed by atoms with van der Waals surface area (Å²) in [5.74, 6) is -0.781. The summed E-state index contributed by atoms with van der Waals surface area (Å²) in [6, 6.07) is 0.588. The molecule has 2 rings (SSSR count). The van der Waals surface area contributed by atoms with Gasteiger partial charge in [-0.2, -0.15) is 0 Å². The third kappa shape index (κ3) is 4.48. The molecule has 1 amide bonds. The van der Waals surface area contributed by atoms with Crippen molar-refractivity contribution >= 4 is 23.5 Å². The van der Waals surface area contributed by atoms with Crippen LogP contribution in [0.25, 0.3) is 0 Å². The maximum atomic E-state index is 12.7. The van der Waals surface area contributed by atoms with E-state index in [-0.39, 0.29) is 10.9 Å². The number of halogens is 1. The fourth-order valence-electron chi connectivity index (χ4n) is 3.72. The van der Waals surface area contributed by atoms with Gasteiger partial charge in [0.25, 0.3) is 0 Å². The van der Waals surface area contributed by atoms with Crippen LogP contribution in [0.4, 0.5) is 0 Å². The summed E-state index contributed by atoms with van der Waals surface area (Å²) >= 11 is 5.89. The largest absolute Gasteiger partial charge is 0.465 e. The number of hydrogen-bond acceptors (Lipinski definition) is 3. The molecule has 0 atom stereocenters. The number of rotatable bonds is 4. The van der Waals surface area contributed by atoms with Crippen molar-refractivity contribution in [1.82, 2.24) is 4.90 Å². The third-order valence-corrected chi connectivity index (χ3v) is 5.08. The average Bonchev–Trinajstić information content (AvgIpc) is 2.56. The number of carbonyl (C=O) groups excluding carboxylic acids is 2. The molecule has 2 aliphatic carbocycles. The zero-order valence-corrected chi connectivity index (χ0v) is 14.1. The highest BCUT2D eigenvalue weighted by atomic mass is 35.5. The molecule has 0 bridgehead atoms. The van der Waals surface area contributed by atoms with Crippen LogP contribution in [0, 0.1) is 0 Å². The van der Waals surface area contributed by atoms with Gasteiger partial charge in [0, 0.05) is 18.2 Å². The number of carbonyl (C=O) groups is 2. The van der Waals surface area contributed by atoms with E-state index in [0.717, 1.165) is 25.7 Å². The molecule has 0 saturated heterocycles. The third-order valence-electron chi connectivity index (χ3n) is 4.82. The van der Waals surface area contributed by atoms with Gasteiger partial charge in [0.05, 0.1) is 7.11 Å². The number of ether oxygens (including phenoxy) is 1. The summed E-state index contributed by atoms with van der Waals surface area (Å²) in [6.07, 6.45) is 12.7. The molecule has 4 nitrogen and oxygen atoms in total. The van der Waals surface area contributed by atoms with Gasteiger partial charge in [-0.1, -0.05) is 50.1 Å². The molecule has 0 aromatic carbocycles. The molecule has 0 aliphatic heterocycles. The lowest BCUT2D eigenvalue weighted by atomic mass is 9.88. The quantitative estimate of drug-likeness (QED) is 0.583. The van der Waals surface area contributed by atoms with E-state index in [0.29, 0.717) is 12.1 Å². The van der Waals surface area contributed by atoms with Crippen molar-refractivity contribution in [3.8, 4) is 0 Å². The Labute approximate surface area is 137 Å². The van der Waals surface area contributed by atoms with Crippen LogP contribution in [0.15, 0.2) is 11.1 Å². The molecule has 0 spiro atoms. The normalized spacial score (nSPS) is 21.5. The van der Waals surface area contributed by atoms with Gasteiger partial charge in [-0.15, -0.1) is 0 Å². The molecule has 0 aromatic heterocycles. The van der Waals surface area contributed by atoms with Gasteiger partial charge < -0.3 is 9.64 Å². The minimum Gasteiger partial charge on any atom is -0.465 e. The lowest BCUT2D eigenvalue weighted by molar-refractivity contribution is -0.137. The monoisotopic (exact) mass is 327 g/mol. The first-order chi connectivity index (χ1) is 10.6. The number of esters is 1. The first-order valence-corrected chi connectivity index (χ1v) is 8.79. The van der Waals surface area contributed by atoms with E-state index in [1.165, 1.54) is 51.7 Å². The Balaban J connectivity index is 2.14. The Hall–Kier alpha value is -1.03. The van der Waals surface area contributed by atoms with Gasteiger partial charge in [-0.05, 0) is 25.7 Å². The standard InChI is InChI=1S/C17H26ClNO3/c1-22-17(21)15(18)12-16(20)19(13-8-4-2-5-9-13)14-10-6-3-7-11-14/h12-14H,2-11H2,1H3. The molecule has 0 radical (unpaired) electrons. The minimum atomic E-state index is -0.651. The molecule has 2 aliphatic rings. The fraction of sp³-hybridized carbons (Fsp3) is 0.765. The van der Waals surface area contributed by atoms with Crippen molar-refractivity contribution in [2.24, 2.45) is 0 Å². The smallest absolute Gasteiger partial charge is 0.349 e. The van der Waals surface area contributed by atoms with Crippen LogP contribution in [0.2, 0.25) is 0 Å². The molecule has 2 fully saturated rings. The predicted molar refractivity (Wildman–Crippen MR) is 86.5 cm³/mol. The molecule has 0 aromatic rings. The number of amides is 1. The average molecular weight is 328 g/mol. The van der Waals surface area contributed by atoms with E-state index in [1.807, 2.05) is 4.90 Å². The van der Waals surface area contributed by atoms with E-state index in [4.69, 9.17) is 11.6 Å². The topological polar surface area (TPSA) is 46.6 Å². The maximum absolute atomic E-state index is 12.7. The second-order valence-electron chi connectivity index (χ2n) is 6.31. The van der Waals surface area contributed by atoms with E-state index in [1.54, 1.807) is 0 Å². The molecule has 0 unspecified atom stereocenters. The van der Waals surface area contributed by atoms with Gasteiger partial charge >= 0.3 is 5.97 Å². The maximum Gasteiger partial charge on any atom is 0.349 e. The lowest BCUT2D eigenvalue weighted by Gasteiger charge is -2.41. The van der Waals surface area contributed by atoms with Gasteiger partial charge in [-0.25, -0.2) is 4.79 Å². The van der Waals surface area contributed by atoms with Gasteiger partial charge in [-0.3, -0.25) is 4.79 Å². The van der Waals surface area contributed by atoms with Crippen molar-refractivity contribution in [2.75, 3.05) is 7.11 Å². The van der Waals surface area contributed by atoms with Crippen LogP contribution in [0.5, 0.6) is 0 Å². The van der Waals surface area contributed by atoms with Crippen molar-refractivity contribution in [1.29, 1.82) is 0 Å². The summed E-state index contributed by atoms with van der Waals surface area (Å²) in [6.45, 7) is 0. The van der Waals surface area contributed by atoms with E-state index >= 15 is 0 Å². The van der Waals surface area contributed by atoms with Crippen LogP contribution in [-0.2, 0) is 14.3 Å². The van der Waals surface area contributed by atoms with E-state index in [9.17, 15) is 9.59 Å². The van der Waals surface area contributed by atoms with Crippen LogP contribution < -0.4 is 0 Å². The number of hydrogen-bond donors (Lipinski definition) is 0. The Kier molecular flexibility index (Phi) is 6.74. The van der Waals surface area contributed by atoms with E-state index < -0.39 is 5.97 Å². The minimum absolute atomic E-state index is 0.130. The van der Waals surface area contributed by atoms with Crippen molar-refractivity contribution in [3.05, 3.63) is 11.1 Å². The second-order valence-corrected chi connectivity index (χ2v) is 6.72. The van der Waals surface area contributed by atoms with Crippen LogP contribution in [0.1, 0.15) is 64.2 Å². The van der Waals surface area contributed by atoms with Crippen molar-refractivity contribution in [3.63, 3.8) is 0 Å². The lowest BCUT2D eigenvalue weighted by Crippen LogP contribution is -2.48. The molecular formula is C17H26ClNO3. The van der Waals surface area contributed by atoms with Gasteiger partial charge in [0.15, 0.2) is 0 Å². The van der Waals surface area contributed by atoms with Crippen molar-refractivity contribution in [2.45, 2.75) is 76.3 Å². The van der Waals surface area contributed by atoms with Crippen LogP contribution in [0.3, 0.4) is 0 Å². The van der Waals surface area contributed by atoms with Crippen molar-refractivity contribution < 1.29 is 14.3 Å². The molecule has 2 saturated carbocycles. The summed E-state index contributed by atoms with van der Waals surface area (Å²) in [5.41, 5.74) is 0. The molecule has 5 heteroatoms. The van der Waals surface area contributed by atoms with Gasteiger partial charge in [0.1, 0.15) is 5.03 Å². The first-order valence-electron chi connectivity index (χ1n) is 8.41. The second kappa shape index (κ2) is 8.56. The summed E-state index contributed by atoms with van der Waals surface area (Å²) in [5, 5.41) is -0.135. The van der Waals surface area contributed by atoms with Crippen LogP contribution in [-0.4, -0.2) is 36.0 Å². The van der Waals surface area contributed by atoms with Crippen LogP contribution >= 0.6 is 11.6 Å². The molecular weight excluding hydrogens is 302 g/mol. The fourth-order valence-corrected chi connectivity index (χ4v) is 3.89. The SMILES string of the molecule is COC(=O)C(Cl)=CC(=O)N(C1CCCCC1)C1CCCCC1. The molecule has 124 valence electrons. The Morgan fingerprint density at radius 2 is 1.41 bits per heavy atom. The number of nitrogens with zero attached hydrogens (tertiary/aromatic N) is 1. The predicted octanol–water partition coefficient (Wildman–Crippen LogP) is 3.78. The Morgan fingerprint density at radius 1 is 0.955 bits per heavy atom. The highest BCUT2D eigenvalue weighted by Gasteiger charge is 2.32. The molecule has 0 heterocycles. The number of methoxy groups -OCH3 is 1. The highest BCUT2D eigenvalue weighted by Crippen LogP contribution is 2.30. The zero-order valence-electron chi connectivity index (χ0n) is 13.4. The zero-order chi connectivity index (χ0) is 15.9. The first kappa shape index (κ1) is 17.3. The highest BCUT2D eigenvalue weighted by molar-refractivity contribution is 6.42. The summed E-state index contributed by atoms with van der Waals surface area (Å²) in [4.78, 5) is 26.2.